The zero-order valence-corrected chi connectivity index (χ0v) is 14.1. The molecule has 3 aromatic rings. The zero-order chi connectivity index (χ0) is 17.6. The molecule has 1 aromatic heterocycles. The standard InChI is InChI=1S/C18H15ClN4O2/c1-25-15-4-2-3-14(9-15)23-18(24)16-10-21-17(11-20-16)22-13-7-5-12(19)6-8-13/h2-11H,1H3,(H,21,22)(H,23,24). The fraction of sp³-hybridized carbons (Fsp3) is 0.0556. The fourth-order valence-corrected chi connectivity index (χ4v) is 2.21. The Kier molecular flexibility index (Phi) is 5.11. The van der Waals surface area contributed by atoms with Gasteiger partial charge in [-0.25, -0.2) is 9.97 Å². The molecule has 0 fully saturated rings. The number of anilines is 3. The predicted octanol–water partition coefficient (Wildman–Crippen LogP) is 4.13. The number of methoxy groups -OCH3 is 1. The van der Waals surface area contributed by atoms with Crippen molar-refractivity contribution in [2.24, 2.45) is 0 Å². The monoisotopic (exact) mass is 354 g/mol. The Bertz CT molecular complexity index is 867. The Hall–Kier alpha value is -3.12. The number of rotatable bonds is 5. The average molecular weight is 355 g/mol. The van der Waals surface area contributed by atoms with Crippen molar-refractivity contribution in [3.8, 4) is 5.75 Å². The van der Waals surface area contributed by atoms with E-state index in [1.807, 2.05) is 12.1 Å². The van der Waals surface area contributed by atoms with Crippen molar-refractivity contribution < 1.29 is 9.53 Å². The Labute approximate surface area is 149 Å². The van der Waals surface area contributed by atoms with Crippen molar-refractivity contribution in [1.29, 1.82) is 0 Å². The lowest BCUT2D eigenvalue weighted by Crippen LogP contribution is -2.14. The van der Waals surface area contributed by atoms with Crippen LogP contribution in [0.3, 0.4) is 0 Å². The molecule has 0 saturated carbocycles. The summed E-state index contributed by atoms with van der Waals surface area (Å²) in [6.45, 7) is 0. The summed E-state index contributed by atoms with van der Waals surface area (Å²) >= 11 is 5.85. The van der Waals surface area contributed by atoms with Crippen molar-refractivity contribution in [1.82, 2.24) is 9.97 Å². The molecule has 1 amide bonds. The van der Waals surface area contributed by atoms with E-state index >= 15 is 0 Å². The average Bonchev–Trinajstić information content (AvgIpc) is 2.64. The van der Waals surface area contributed by atoms with Gasteiger partial charge >= 0.3 is 0 Å². The van der Waals surface area contributed by atoms with E-state index in [2.05, 4.69) is 20.6 Å². The largest absolute Gasteiger partial charge is 0.497 e. The number of ether oxygens (including phenoxy) is 1. The summed E-state index contributed by atoms with van der Waals surface area (Å²) in [4.78, 5) is 20.6. The minimum Gasteiger partial charge on any atom is -0.497 e. The van der Waals surface area contributed by atoms with Crippen molar-refractivity contribution >= 4 is 34.7 Å². The molecule has 0 radical (unpaired) electrons. The zero-order valence-electron chi connectivity index (χ0n) is 13.4. The van der Waals surface area contributed by atoms with Gasteiger partial charge < -0.3 is 15.4 Å². The van der Waals surface area contributed by atoms with Gasteiger partial charge in [-0.15, -0.1) is 0 Å². The number of hydrogen-bond donors (Lipinski definition) is 2. The molecule has 1 heterocycles. The topological polar surface area (TPSA) is 76.1 Å². The lowest BCUT2D eigenvalue weighted by Gasteiger charge is -2.08. The van der Waals surface area contributed by atoms with Crippen LogP contribution < -0.4 is 15.4 Å². The number of nitrogens with zero attached hydrogens (tertiary/aromatic N) is 2. The van der Waals surface area contributed by atoms with E-state index < -0.39 is 0 Å². The van der Waals surface area contributed by atoms with Gasteiger partial charge in [0, 0.05) is 22.5 Å². The van der Waals surface area contributed by atoms with Gasteiger partial charge in [0.15, 0.2) is 0 Å². The van der Waals surface area contributed by atoms with Gasteiger partial charge in [-0.2, -0.15) is 0 Å². The third-order valence-electron chi connectivity index (χ3n) is 3.33. The molecule has 0 unspecified atom stereocenters. The number of benzene rings is 2. The highest BCUT2D eigenvalue weighted by Crippen LogP contribution is 2.18. The summed E-state index contributed by atoms with van der Waals surface area (Å²) in [5.41, 5.74) is 1.66. The SMILES string of the molecule is COc1cccc(NC(=O)c2cnc(Nc3ccc(Cl)cc3)cn2)c1. The molecular weight excluding hydrogens is 340 g/mol. The highest BCUT2D eigenvalue weighted by molar-refractivity contribution is 6.30. The maximum absolute atomic E-state index is 12.2. The highest BCUT2D eigenvalue weighted by Gasteiger charge is 2.09. The molecular formula is C18H15ClN4O2. The fourth-order valence-electron chi connectivity index (χ4n) is 2.09. The summed E-state index contributed by atoms with van der Waals surface area (Å²) in [6, 6.07) is 14.3. The van der Waals surface area contributed by atoms with Crippen LogP contribution in [0.2, 0.25) is 5.02 Å². The summed E-state index contributed by atoms with van der Waals surface area (Å²) in [7, 11) is 1.57. The second-order valence-electron chi connectivity index (χ2n) is 5.10. The first-order chi connectivity index (χ1) is 12.1. The van der Waals surface area contributed by atoms with Crippen molar-refractivity contribution in [2.75, 3.05) is 17.7 Å². The first-order valence-electron chi connectivity index (χ1n) is 7.44. The number of hydrogen-bond acceptors (Lipinski definition) is 5. The summed E-state index contributed by atoms with van der Waals surface area (Å²) < 4.78 is 5.13. The molecule has 3 rings (SSSR count). The van der Waals surface area contributed by atoms with Crippen molar-refractivity contribution in [3.63, 3.8) is 0 Å². The number of carbonyl (C=O) groups is 1. The number of halogens is 1. The molecule has 0 atom stereocenters. The minimum absolute atomic E-state index is 0.212. The Morgan fingerprint density at radius 3 is 2.52 bits per heavy atom. The minimum atomic E-state index is -0.348. The number of aromatic nitrogens is 2. The van der Waals surface area contributed by atoms with E-state index in [1.165, 1.54) is 12.4 Å². The summed E-state index contributed by atoms with van der Waals surface area (Å²) in [6.07, 6.45) is 2.91. The van der Waals surface area contributed by atoms with E-state index in [-0.39, 0.29) is 11.6 Å². The van der Waals surface area contributed by atoms with Crippen LogP contribution in [-0.4, -0.2) is 23.0 Å². The van der Waals surface area contributed by atoms with Gasteiger partial charge in [0.2, 0.25) is 0 Å². The predicted molar refractivity (Wildman–Crippen MR) is 97.7 cm³/mol. The van der Waals surface area contributed by atoms with Crippen LogP contribution in [0.5, 0.6) is 5.75 Å². The molecule has 7 heteroatoms. The number of amides is 1. The molecule has 6 nitrogen and oxygen atoms in total. The molecule has 2 N–H and O–H groups in total. The Balaban J connectivity index is 1.66. The molecule has 126 valence electrons. The van der Waals surface area contributed by atoms with Crippen LogP contribution in [0.1, 0.15) is 10.5 Å². The van der Waals surface area contributed by atoms with Gasteiger partial charge in [0.1, 0.15) is 17.3 Å². The molecule has 0 saturated heterocycles. The van der Waals surface area contributed by atoms with E-state index in [9.17, 15) is 4.79 Å². The summed E-state index contributed by atoms with van der Waals surface area (Å²) in [5, 5.41) is 6.49. The Morgan fingerprint density at radius 1 is 1.04 bits per heavy atom. The van der Waals surface area contributed by atoms with Crippen LogP contribution in [-0.2, 0) is 0 Å². The maximum Gasteiger partial charge on any atom is 0.275 e. The molecule has 0 aliphatic rings. The van der Waals surface area contributed by atoms with Gasteiger partial charge in [0.05, 0.1) is 19.5 Å². The van der Waals surface area contributed by atoms with E-state index in [4.69, 9.17) is 16.3 Å². The quantitative estimate of drug-likeness (QED) is 0.720. The first kappa shape index (κ1) is 16.7. The summed E-state index contributed by atoms with van der Waals surface area (Å²) in [5.74, 6) is 0.838. The van der Waals surface area contributed by atoms with E-state index in [0.717, 1.165) is 5.69 Å². The normalized spacial score (nSPS) is 10.2. The van der Waals surface area contributed by atoms with Crippen LogP contribution in [0.4, 0.5) is 17.2 Å². The number of nitrogens with one attached hydrogen (secondary N) is 2. The third kappa shape index (κ3) is 4.45. The molecule has 0 aliphatic carbocycles. The lowest BCUT2D eigenvalue weighted by molar-refractivity contribution is 0.102. The molecule has 0 aliphatic heterocycles. The lowest BCUT2D eigenvalue weighted by atomic mass is 10.3. The molecule has 0 bridgehead atoms. The molecule has 0 spiro atoms. The molecule has 25 heavy (non-hydrogen) atoms. The second kappa shape index (κ2) is 7.63. The second-order valence-corrected chi connectivity index (χ2v) is 5.54. The van der Waals surface area contributed by atoms with Crippen molar-refractivity contribution in [2.45, 2.75) is 0 Å². The smallest absolute Gasteiger partial charge is 0.275 e. The van der Waals surface area contributed by atoms with Gasteiger partial charge in [-0.05, 0) is 36.4 Å². The van der Waals surface area contributed by atoms with Crippen LogP contribution >= 0.6 is 11.6 Å². The first-order valence-corrected chi connectivity index (χ1v) is 7.82. The maximum atomic E-state index is 12.2. The van der Waals surface area contributed by atoms with Gasteiger partial charge in [-0.1, -0.05) is 17.7 Å². The van der Waals surface area contributed by atoms with Crippen molar-refractivity contribution in [3.05, 3.63) is 71.6 Å². The highest BCUT2D eigenvalue weighted by atomic mass is 35.5. The van der Waals surface area contributed by atoms with Crippen LogP contribution in [0, 0.1) is 0 Å². The van der Waals surface area contributed by atoms with E-state index in [0.29, 0.717) is 22.3 Å². The van der Waals surface area contributed by atoms with Gasteiger partial charge in [0.25, 0.3) is 5.91 Å². The van der Waals surface area contributed by atoms with Crippen LogP contribution in [0.25, 0.3) is 0 Å². The third-order valence-corrected chi connectivity index (χ3v) is 3.58. The molecule has 2 aromatic carbocycles. The Morgan fingerprint density at radius 2 is 1.84 bits per heavy atom. The van der Waals surface area contributed by atoms with Crippen LogP contribution in [0.15, 0.2) is 60.9 Å². The number of carbonyl (C=O) groups excluding carboxylic acids is 1. The van der Waals surface area contributed by atoms with Gasteiger partial charge in [-0.3, -0.25) is 4.79 Å². The van der Waals surface area contributed by atoms with E-state index in [1.54, 1.807) is 43.5 Å².